The van der Waals surface area contributed by atoms with Crippen molar-refractivity contribution in [1.82, 2.24) is 15.3 Å². The average molecular weight is 306 g/mol. The van der Waals surface area contributed by atoms with Crippen LogP contribution in [0.15, 0.2) is 12.4 Å². The van der Waals surface area contributed by atoms with E-state index in [0.29, 0.717) is 6.10 Å². The van der Waals surface area contributed by atoms with E-state index in [0.717, 1.165) is 61.5 Å². The summed E-state index contributed by atoms with van der Waals surface area (Å²) in [6.45, 7) is 5.96. The molecule has 0 saturated carbocycles. The monoisotopic (exact) mass is 306 g/mol. The van der Waals surface area contributed by atoms with E-state index in [4.69, 9.17) is 4.74 Å². The number of aryl methyl sites for hydroxylation is 1. The molecule has 0 bridgehead atoms. The maximum Gasteiger partial charge on any atom is 0.138 e. The molecule has 1 aliphatic rings. The summed E-state index contributed by atoms with van der Waals surface area (Å²) in [7, 11) is 0. The lowest BCUT2D eigenvalue weighted by atomic mass is 10.1. The quantitative estimate of drug-likeness (QED) is 0.803. The zero-order chi connectivity index (χ0) is 14.5. The van der Waals surface area contributed by atoms with Crippen LogP contribution in [0.3, 0.4) is 0 Å². The Kier molecular flexibility index (Phi) is 5.00. The number of piperidine rings is 1. The van der Waals surface area contributed by atoms with Gasteiger partial charge in [-0.1, -0.05) is 0 Å². The Morgan fingerprint density at radius 3 is 3.10 bits per heavy atom. The first-order chi connectivity index (χ1) is 10.3. The number of thiophene rings is 1. The third-order valence-corrected chi connectivity index (χ3v) is 4.66. The van der Waals surface area contributed by atoms with Crippen LogP contribution in [-0.2, 0) is 4.74 Å². The van der Waals surface area contributed by atoms with Gasteiger partial charge in [-0.05, 0) is 45.3 Å². The molecule has 1 fully saturated rings. The highest BCUT2D eigenvalue weighted by molar-refractivity contribution is 7.18. The zero-order valence-corrected chi connectivity index (χ0v) is 13.2. The highest BCUT2D eigenvalue weighted by Gasteiger charge is 2.12. The Hall–Kier alpha value is -1.24. The van der Waals surface area contributed by atoms with Gasteiger partial charge in [0.2, 0.25) is 0 Å². The minimum atomic E-state index is 0.441. The molecule has 0 aliphatic carbocycles. The van der Waals surface area contributed by atoms with Gasteiger partial charge in [-0.15, -0.1) is 11.3 Å². The average Bonchev–Trinajstić information content (AvgIpc) is 2.89. The number of fused-ring (bicyclic) bond motifs is 1. The van der Waals surface area contributed by atoms with Gasteiger partial charge in [-0.3, -0.25) is 0 Å². The second kappa shape index (κ2) is 7.15. The van der Waals surface area contributed by atoms with Crippen molar-refractivity contribution in [2.45, 2.75) is 32.3 Å². The molecule has 6 heteroatoms. The maximum absolute atomic E-state index is 5.90. The fraction of sp³-hybridized carbons (Fsp3) is 0.600. The van der Waals surface area contributed by atoms with Crippen LogP contribution < -0.4 is 10.6 Å². The van der Waals surface area contributed by atoms with Crippen LogP contribution in [0.5, 0.6) is 0 Å². The van der Waals surface area contributed by atoms with Gasteiger partial charge in [-0.2, -0.15) is 0 Å². The topological polar surface area (TPSA) is 59.1 Å². The summed E-state index contributed by atoms with van der Waals surface area (Å²) in [5.74, 6) is 0.936. The number of aromatic nitrogens is 2. The Morgan fingerprint density at radius 1 is 1.38 bits per heavy atom. The standard InChI is InChI=1S/C15H22N4OS/c1-11-9-13-14(18-10-19-15(13)21-11)17-5-2-8-20-12-3-6-16-7-4-12/h9-10,12,16H,2-8H2,1H3,(H,17,18,19). The van der Waals surface area contributed by atoms with Crippen LogP contribution in [0.2, 0.25) is 0 Å². The molecule has 0 unspecified atom stereocenters. The molecule has 1 saturated heterocycles. The highest BCUT2D eigenvalue weighted by Crippen LogP contribution is 2.27. The van der Waals surface area contributed by atoms with Gasteiger partial charge in [0, 0.05) is 18.0 Å². The van der Waals surface area contributed by atoms with Gasteiger partial charge in [0.15, 0.2) is 0 Å². The third kappa shape index (κ3) is 3.90. The van der Waals surface area contributed by atoms with E-state index in [1.54, 1.807) is 17.7 Å². The summed E-state index contributed by atoms with van der Waals surface area (Å²) in [5.41, 5.74) is 0. The van der Waals surface area contributed by atoms with Crippen molar-refractivity contribution in [2.75, 3.05) is 31.6 Å². The molecule has 2 aromatic heterocycles. The minimum Gasteiger partial charge on any atom is -0.378 e. The van der Waals surface area contributed by atoms with Gasteiger partial charge in [0.1, 0.15) is 17.0 Å². The van der Waals surface area contributed by atoms with E-state index in [1.165, 1.54) is 4.88 Å². The number of rotatable bonds is 6. The van der Waals surface area contributed by atoms with Crippen molar-refractivity contribution in [1.29, 1.82) is 0 Å². The summed E-state index contributed by atoms with van der Waals surface area (Å²) in [5, 5.41) is 7.88. The summed E-state index contributed by atoms with van der Waals surface area (Å²) < 4.78 is 5.90. The lowest BCUT2D eigenvalue weighted by Gasteiger charge is -2.22. The Labute approximate surface area is 129 Å². The van der Waals surface area contributed by atoms with Gasteiger partial charge in [0.25, 0.3) is 0 Å². The Balaban J connectivity index is 1.44. The van der Waals surface area contributed by atoms with Crippen molar-refractivity contribution in [3.63, 3.8) is 0 Å². The van der Waals surface area contributed by atoms with Crippen LogP contribution in [0, 0.1) is 6.92 Å². The molecule has 0 spiro atoms. The van der Waals surface area contributed by atoms with E-state index in [2.05, 4.69) is 33.6 Å². The van der Waals surface area contributed by atoms with Crippen LogP contribution in [-0.4, -0.2) is 42.3 Å². The lowest BCUT2D eigenvalue weighted by molar-refractivity contribution is 0.0329. The second-order valence-corrected chi connectivity index (χ2v) is 6.63. The largest absolute Gasteiger partial charge is 0.378 e. The number of anilines is 1. The van der Waals surface area contributed by atoms with Crippen LogP contribution in [0.25, 0.3) is 10.2 Å². The third-order valence-electron chi connectivity index (χ3n) is 3.71. The van der Waals surface area contributed by atoms with E-state index in [9.17, 15) is 0 Å². The summed E-state index contributed by atoms with van der Waals surface area (Å²) in [4.78, 5) is 11.0. The van der Waals surface area contributed by atoms with Gasteiger partial charge in [-0.25, -0.2) is 9.97 Å². The molecule has 5 nitrogen and oxygen atoms in total. The van der Waals surface area contributed by atoms with Crippen molar-refractivity contribution in [2.24, 2.45) is 0 Å². The fourth-order valence-corrected chi connectivity index (χ4v) is 3.46. The molecular weight excluding hydrogens is 284 g/mol. The SMILES string of the molecule is Cc1cc2c(NCCCOC3CCNCC3)ncnc2s1. The molecule has 21 heavy (non-hydrogen) atoms. The number of hydrogen-bond donors (Lipinski definition) is 2. The first-order valence-corrected chi connectivity index (χ1v) is 8.42. The zero-order valence-electron chi connectivity index (χ0n) is 12.4. The van der Waals surface area contributed by atoms with Crippen molar-refractivity contribution in [3.8, 4) is 0 Å². The number of hydrogen-bond acceptors (Lipinski definition) is 6. The maximum atomic E-state index is 5.90. The summed E-state index contributed by atoms with van der Waals surface area (Å²) in [6, 6.07) is 2.15. The first kappa shape index (κ1) is 14.7. The predicted molar refractivity (Wildman–Crippen MR) is 87.1 cm³/mol. The number of nitrogens with zero attached hydrogens (tertiary/aromatic N) is 2. The van der Waals surface area contributed by atoms with E-state index < -0.39 is 0 Å². The lowest BCUT2D eigenvalue weighted by Crippen LogP contribution is -2.32. The molecule has 3 rings (SSSR count). The first-order valence-electron chi connectivity index (χ1n) is 7.60. The van der Waals surface area contributed by atoms with Crippen molar-refractivity contribution < 1.29 is 4.74 Å². The molecular formula is C15H22N4OS. The molecule has 0 radical (unpaired) electrons. The van der Waals surface area contributed by atoms with Gasteiger partial charge in [0.05, 0.1) is 11.5 Å². The van der Waals surface area contributed by atoms with E-state index in [-0.39, 0.29) is 0 Å². The summed E-state index contributed by atoms with van der Waals surface area (Å²) in [6.07, 6.45) is 5.34. The van der Waals surface area contributed by atoms with E-state index >= 15 is 0 Å². The van der Waals surface area contributed by atoms with Crippen molar-refractivity contribution >= 4 is 27.4 Å². The molecule has 114 valence electrons. The molecule has 0 aromatic carbocycles. The number of ether oxygens (including phenoxy) is 1. The fourth-order valence-electron chi connectivity index (χ4n) is 2.61. The highest BCUT2D eigenvalue weighted by atomic mass is 32.1. The normalized spacial score (nSPS) is 16.4. The van der Waals surface area contributed by atoms with Gasteiger partial charge >= 0.3 is 0 Å². The second-order valence-electron chi connectivity index (χ2n) is 5.40. The van der Waals surface area contributed by atoms with Crippen molar-refractivity contribution in [3.05, 3.63) is 17.3 Å². The predicted octanol–water partition coefficient (Wildman–Crippen LogP) is 2.57. The van der Waals surface area contributed by atoms with Crippen LogP contribution >= 0.6 is 11.3 Å². The number of nitrogens with one attached hydrogen (secondary N) is 2. The molecule has 2 N–H and O–H groups in total. The molecule has 1 aliphatic heterocycles. The van der Waals surface area contributed by atoms with Gasteiger partial charge < -0.3 is 15.4 Å². The van der Waals surface area contributed by atoms with Crippen LogP contribution in [0.4, 0.5) is 5.82 Å². The van der Waals surface area contributed by atoms with Crippen LogP contribution in [0.1, 0.15) is 24.1 Å². The Morgan fingerprint density at radius 2 is 2.24 bits per heavy atom. The summed E-state index contributed by atoms with van der Waals surface area (Å²) >= 11 is 1.71. The molecule has 0 atom stereocenters. The molecule has 2 aromatic rings. The smallest absolute Gasteiger partial charge is 0.138 e. The molecule has 0 amide bonds. The Bertz CT molecular complexity index is 580. The van der Waals surface area contributed by atoms with E-state index in [1.807, 2.05) is 0 Å². The molecule has 3 heterocycles. The minimum absolute atomic E-state index is 0.441.